The molecule has 0 aliphatic heterocycles. The third kappa shape index (κ3) is 2.99. The summed E-state index contributed by atoms with van der Waals surface area (Å²) in [6.07, 6.45) is 0. The number of rotatable bonds is 5. The number of anilines is 2. The SMILES string of the molecule is CCNc1nc(Cl)nc(N(N=O)C(C)C)n1. The Morgan fingerprint density at radius 1 is 1.44 bits per heavy atom. The molecular weight excluding hydrogens is 232 g/mol. The minimum Gasteiger partial charge on any atom is -0.354 e. The normalized spacial score (nSPS) is 10.3. The molecule has 8 heteroatoms. The maximum atomic E-state index is 10.6. The predicted molar refractivity (Wildman–Crippen MR) is 62.4 cm³/mol. The minimum absolute atomic E-state index is 0.0234. The maximum absolute atomic E-state index is 10.6. The highest BCUT2D eigenvalue weighted by atomic mass is 35.5. The van der Waals surface area contributed by atoms with Crippen molar-refractivity contribution in [1.82, 2.24) is 15.0 Å². The third-order valence-electron chi connectivity index (χ3n) is 1.71. The van der Waals surface area contributed by atoms with Gasteiger partial charge in [-0.3, -0.25) is 0 Å². The van der Waals surface area contributed by atoms with Gasteiger partial charge in [-0.1, -0.05) is 0 Å². The van der Waals surface area contributed by atoms with Crippen molar-refractivity contribution in [3.63, 3.8) is 0 Å². The summed E-state index contributed by atoms with van der Waals surface area (Å²) in [4.78, 5) is 22.4. The number of aromatic nitrogens is 3. The van der Waals surface area contributed by atoms with E-state index in [4.69, 9.17) is 11.6 Å². The van der Waals surface area contributed by atoms with Gasteiger partial charge in [0.15, 0.2) is 0 Å². The first-order valence-corrected chi connectivity index (χ1v) is 5.24. The monoisotopic (exact) mass is 244 g/mol. The maximum Gasteiger partial charge on any atom is 0.255 e. The highest BCUT2D eigenvalue weighted by Crippen LogP contribution is 2.16. The van der Waals surface area contributed by atoms with E-state index < -0.39 is 0 Å². The largest absolute Gasteiger partial charge is 0.354 e. The Morgan fingerprint density at radius 2 is 2.12 bits per heavy atom. The van der Waals surface area contributed by atoms with E-state index in [-0.39, 0.29) is 17.3 Å². The molecule has 0 atom stereocenters. The van der Waals surface area contributed by atoms with Gasteiger partial charge in [-0.2, -0.15) is 20.0 Å². The molecular formula is C8H13ClN6O. The van der Waals surface area contributed by atoms with Gasteiger partial charge in [0.25, 0.3) is 5.95 Å². The third-order valence-corrected chi connectivity index (χ3v) is 1.88. The summed E-state index contributed by atoms with van der Waals surface area (Å²) < 4.78 is 0. The Labute approximate surface area is 98.2 Å². The Morgan fingerprint density at radius 3 is 2.62 bits per heavy atom. The lowest BCUT2D eigenvalue weighted by Crippen LogP contribution is -2.26. The van der Waals surface area contributed by atoms with Gasteiger partial charge >= 0.3 is 0 Å². The number of nitrogens with one attached hydrogen (secondary N) is 1. The van der Waals surface area contributed by atoms with Gasteiger partial charge in [0, 0.05) is 6.54 Å². The van der Waals surface area contributed by atoms with Crippen LogP contribution in [0.4, 0.5) is 11.9 Å². The lowest BCUT2D eigenvalue weighted by Gasteiger charge is -2.17. The van der Waals surface area contributed by atoms with Gasteiger partial charge in [-0.15, -0.1) is 4.91 Å². The van der Waals surface area contributed by atoms with Crippen LogP contribution in [0.25, 0.3) is 0 Å². The van der Waals surface area contributed by atoms with Gasteiger partial charge in [0.1, 0.15) is 0 Å². The molecule has 1 heterocycles. The number of hydrogen-bond acceptors (Lipinski definition) is 6. The van der Waals surface area contributed by atoms with Crippen molar-refractivity contribution in [2.24, 2.45) is 5.29 Å². The van der Waals surface area contributed by atoms with Crippen LogP contribution in [0.1, 0.15) is 20.8 Å². The summed E-state index contributed by atoms with van der Waals surface area (Å²) in [6, 6.07) is -0.148. The number of nitrogens with zero attached hydrogens (tertiary/aromatic N) is 5. The topological polar surface area (TPSA) is 83.4 Å². The van der Waals surface area contributed by atoms with Crippen molar-refractivity contribution in [2.45, 2.75) is 26.8 Å². The zero-order valence-electron chi connectivity index (χ0n) is 9.31. The highest BCUT2D eigenvalue weighted by molar-refractivity contribution is 6.28. The number of halogens is 1. The van der Waals surface area contributed by atoms with Crippen LogP contribution in [0.5, 0.6) is 0 Å². The Balaban J connectivity index is 3.07. The van der Waals surface area contributed by atoms with Crippen molar-refractivity contribution in [2.75, 3.05) is 16.9 Å². The minimum atomic E-state index is -0.148. The average Bonchev–Trinajstić information content (AvgIpc) is 2.17. The lowest BCUT2D eigenvalue weighted by atomic mass is 10.4. The smallest absolute Gasteiger partial charge is 0.255 e. The molecule has 1 aromatic heterocycles. The molecule has 0 aliphatic rings. The molecule has 0 saturated carbocycles. The molecule has 0 aromatic carbocycles. The van der Waals surface area contributed by atoms with Crippen LogP contribution in [0.3, 0.4) is 0 Å². The summed E-state index contributed by atoms with van der Waals surface area (Å²) in [5.74, 6) is 0.466. The fraction of sp³-hybridized carbons (Fsp3) is 0.625. The second-order valence-electron chi connectivity index (χ2n) is 3.28. The fourth-order valence-corrected chi connectivity index (χ4v) is 1.20. The van der Waals surface area contributed by atoms with Crippen molar-refractivity contribution in [3.8, 4) is 0 Å². The van der Waals surface area contributed by atoms with Crippen LogP contribution < -0.4 is 10.3 Å². The number of hydrogen-bond donors (Lipinski definition) is 1. The molecule has 1 aromatic rings. The first-order valence-electron chi connectivity index (χ1n) is 4.86. The van der Waals surface area contributed by atoms with Crippen molar-refractivity contribution in [3.05, 3.63) is 10.2 Å². The van der Waals surface area contributed by atoms with E-state index in [1.54, 1.807) is 13.8 Å². The molecule has 1 N–H and O–H groups in total. The summed E-state index contributed by atoms with van der Waals surface area (Å²) in [7, 11) is 0. The van der Waals surface area contributed by atoms with Crippen LogP contribution in [0, 0.1) is 4.91 Å². The first kappa shape index (κ1) is 12.6. The lowest BCUT2D eigenvalue weighted by molar-refractivity contribution is 0.682. The predicted octanol–water partition coefficient (Wildman–Crippen LogP) is 1.85. The molecule has 0 spiro atoms. The van der Waals surface area contributed by atoms with Crippen molar-refractivity contribution < 1.29 is 0 Å². The summed E-state index contributed by atoms with van der Waals surface area (Å²) in [6.45, 7) is 6.14. The molecule has 0 unspecified atom stereocenters. The van der Waals surface area contributed by atoms with Crippen molar-refractivity contribution in [1.29, 1.82) is 0 Å². The van der Waals surface area contributed by atoms with Gasteiger partial charge in [-0.25, -0.2) is 0 Å². The standard InChI is InChI=1S/C8H13ClN6O/c1-4-10-7-11-6(9)12-8(13-7)15(14-16)5(2)3/h5H,4H2,1-3H3,(H,10,11,12,13). The Hall–Kier alpha value is -1.50. The molecule has 0 amide bonds. The molecule has 7 nitrogen and oxygen atoms in total. The summed E-state index contributed by atoms with van der Waals surface area (Å²) in [5.41, 5.74) is 0. The molecule has 0 aliphatic carbocycles. The van der Waals surface area contributed by atoms with Crippen LogP contribution in [-0.4, -0.2) is 27.5 Å². The van der Waals surface area contributed by atoms with E-state index in [1.165, 1.54) is 0 Å². The molecule has 0 bridgehead atoms. The van der Waals surface area contributed by atoms with E-state index in [0.29, 0.717) is 12.5 Å². The first-order chi connectivity index (χ1) is 7.58. The molecule has 0 radical (unpaired) electrons. The Kier molecular flexibility index (Phi) is 4.36. The molecule has 88 valence electrons. The van der Waals surface area contributed by atoms with E-state index >= 15 is 0 Å². The number of nitroso groups, excluding NO2 is 1. The fourth-order valence-electron chi connectivity index (χ4n) is 1.04. The van der Waals surface area contributed by atoms with Gasteiger partial charge in [0.05, 0.1) is 11.3 Å². The van der Waals surface area contributed by atoms with Gasteiger partial charge in [-0.05, 0) is 32.4 Å². The van der Waals surface area contributed by atoms with Gasteiger partial charge in [0.2, 0.25) is 11.2 Å². The van der Waals surface area contributed by atoms with Crippen LogP contribution in [-0.2, 0) is 0 Å². The summed E-state index contributed by atoms with van der Waals surface area (Å²) >= 11 is 5.72. The summed E-state index contributed by atoms with van der Waals surface area (Å²) in [5, 5.41) is 6.89. The van der Waals surface area contributed by atoms with E-state index in [1.807, 2.05) is 6.92 Å². The van der Waals surface area contributed by atoms with Crippen LogP contribution in [0.2, 0.25) is 5.28 Å². The van der Waals surface area contributed by atoms with Gasteiger partial charge < -0.3 is 5.32 Å². The zero-order chi connectivity index (χ0) is 12.1. The molecule has 1 rings (SSSR count). The second kappa shape index (κ2) is 5.55. The van der Waals surface area contributed by atoms with Crippen LogP contribution >= 0.6 is 11.6 Å². The average molecular weight is 245 g/mol. The van der Waals surface area contributed by atoms with Crippen molar-refractivity contribution >= 4 is 23.5 Å². The molecule has 16 heavy (non-hydrogen) atoms. The zero-order valence-corrected chi connectivity index (χ0v) is 10.1. The van der Waals surface area contributed by atoms with E-state index in [0.717, 1.165) is 5.01 Å². The van der Waals surface area contributed by atoms with Crippen LogP contribution in [0.15, 0.2) is 5.29 Å². The molecule has 0 saturated heterocycles. The van der Waals surface area contributed by atoms with E-state index in [9.17, 15) is 4.91 Å². The quantitative estimate of drug-likeness (QED) is 0.629. The Bertz CT molecular complexity index is 372. The molecule has 0 fully saturated rings. The highest BCUT2D eigenvalue weighted by Gasteiger charge is 2.16. The second-order valence-corrected chi connectivity index (χ2v) is 3.62. The van der Waals surface area contributed by atoms with E-state index in [2.05, 4.69) is 25.6 Å².